The normalized spacial score (nSPS) is 11.2. The Balaban J connectivity index is 0. The molecule has 0 aliphatic carbocycles. The first-order chi connectivity index (χ1) is 17.4. The number of hydrogen-bond acceptors (Lipinski definition) is 0. The average Bonchev–Trinajstić information content (AvgIpc) is 2.87. The average molecular weight is 621 g/mol. The molecule has 0 nitrogen and oxygen atoms in total. The maximum Gasteiger partial charge on any atom is -0.0533 e. The van der Waals surface area contributed by atoms with Gasteiger partial charge in [-0.15, -0.1) is 24.0 Å². The van der Waals surface area contributed by atoms with Gasteiger partial charge < -0.3 is 0 Å². The third kappa shape index (κ3) is 36.9. The molecule has 220 valence electrons. The molecular formula is C35H73I. The first-order valence-corrected chi connectivity index (χ1v) is 17.4. The van der Waals surface area contributed by atoms with Gasteiger partial charge in [0.25, 0.3) is 0 Å². The summed E-state index contributed by atoms with van der Waals surface area (Å²) in [6, 6.07) is 0. The van der Waals surface area contributed by atoms with Crippen molar-refractivity contribution in [1.82, 2.24) is 0 Å². The first-order valence-electron chi connectivity index (χ1n) is 17.4. The SMILES string of the molecule is CCCCCCCCCCCCCCCCCCCCCCCCCCCCCCCCCCC.I. The molecule has 36 heavy (non-hydrogen) atoms. The molecule has 0 saturated carbocycles. The van der Waals surface area contributed by atoms with Gasteiger partial charge in [0, 0.05) is 0 Å². The first kappa shape index (κ1) is 38.9. The zero-order chi connectivity index (χ0) is 25.3. The van der Waals surface area contributed by atoms with E-state index in [1.807, 2.05) is 0 Å². The third-order valence-corrected chi connectivity index (χ3v) is 8.21. The van der Waals surface area contributed by atoms with Gasteiger partial charge in [-0.3, -0.25) is 0 Å². The molecular weight excluding hydrogens is 547 g/mol. The van der Waals surface area contributed by atoms with E-state index >= 15 is 0 Å². The lowest BCUT2D eigenvalue weighted by atomic mass is 10.0. The van der Waals surface area contributed by atoms with E-state index in [9.17, 15) is 0 Å². The molecule has 0 heterocycles. The Labute approximate surface area is 248 Å². The molecule has 0 aromatic carbocycles. The highest BCUT2D eigenvalue weighted by molar-refractivity contribution is 14.0. The molecule has 0 aromatic heterocycles. The summed E-state index contributed by atoms with van der Waals surface area (Å²) in [7, 11) is 0. The lowest BCUT2D eigenvalue weighted by Crippen LogP contribution is -1.85. The van der Waals surface area contributed by atoms with Crippen molar-refractivity contribution in [3.8, 4) is 0 Å². The van der Waals surface area contributed by atoms with Crippen LogP contribution >= 0.6 is 24.0 Å². The molecule has 0 unspecified atom stereocenters. The second-order valence-electron chi connectivity index (χ2n) is 12.0. The predicted octanol–water partition coefficient (Wildman–Crippen LogP) is 14.5. The zero-order valence-electron chi connectivity index (χ0n) is 25.7. The van der Waals surface area contributed by atoms with Gasteiger partial charge in [-0.2, -0.15) is 0 Å². The largest absolute Gasteiger partial charge is 0.107 e. The van der Waals surface area contributed by atoms with Crippen LogP contribution in [0.3, 0.4) is 0 Å². The summed E-state index contributed by atoms with van der Waals surface area (Å²) in [5.41, 5.74) is 0. The molecule has 0 saturated heterocycles. The van der Waals surface area contributed by atoms with Crippen LogP contribution in [0.5, 0.6) is 0 Å². The van der Waals surface area contributed by atoms with Gasteiger partial charge in [0.2, 0.25) is 0 Å². The lowest BCUT2D eigenvalue weighted by molar-refractivity contribution is 0.512. The van der Waals surface area contributed by atoms with Gasteiger partial charge in [-0.25, -0.2) is 0 Å². The summed E-state index contributed by atoms with van der Waals surface area (Å²) in [6.45, 7) is 4.62. The Morgan fingerprint density at radius 1 is 0.167 bits per heavy atom. The minimum absolute atomic E-state index is 0. The maximum atomic E-state index is 2.31. The second-order valence-corrected chi connectivity index (χ2v) is 12.0. The van der Waals surface area contributed by atoms with Crippen LogP contribution in [0.25, 0.3) is 0 Å². The summed E-state index contributed by atoms with van der Waals surface area (Å²) in [4.78, 5) is 0. The molecule has 1 heteroatoms. The minimum atomic E-state index is 0. The van der Waals surface area contributed by atoms with E-state index in [2.05, 4.69) is 13.8 Å². The Kier molecular flexibility index (Phi) is 40.9. The summed E-state index contributed by atoms with van der Waals surface area (Å²) >= 11 is 0. The molecule has 0 N–H and O–H groups in total. The fourth-order valence-electron chi connectivity index (χ4n) is 5.63. The molecule has 0 amide bonds. The lowest BCUT2D eigenvalue weighted by Gasteiger charge is -2.04. The van der Waals surface area contributed by atoms with E-state index in [1.54, 1.807) is 0 Å². The topological polar surface area (TPSA) is 0 Å². The molecule has 0 rings (SSSR count). The van der Waals surface area contributed by atoms with Gasteiger partial charge in [-0.1, -0.05) is 226 Å². The van der Waals surface area contributed by atoms with Crippen molar-refractivity contribution in [2.45, 2.75) is 226 Å². The molecule has 0 aliphatic rings. The van der Waals surface area contributed by atoms with Crippen LogP contribution in [0.4, 0.5) is 0 Å². The standard InChI is InChI=1S/C35H72.HI/c1-3-5-7-9-11-13-15-17-19-21-23-25-27-29-31-33-35-34-32-30-28-26-24-22-20-18-16-14-12-10-8-6-4-2;/h3-35H2,1-2H3;1H. The second kappa shape index (κ2) is 37.9. The van der Waals surface area contributed by atoms with Gasteiger partial charge in [0.1, 0.15) is 0 Å². The van der Waals surface area contributed by atoms with Crippen LogP contribution in [-0.2, 0) is 0 Å². The molecule has 0 aromatic rings. The quantitative estimate of drug-likeness (QED) is 0.0518. The van der Waals surface area contributed by atoms with Crippen molar-refractivity contribution in [1.29, 1.82) is 0 Å². The summed E-state index contributed by atoms with van der Waals surface area (Å²) in [5, 5.41) is 0. The van der Waals surface area contributed by atoms with Crippen LogP contribution < -0.4 is 0 Å². The Morgan fingerprint density at radius 2 is 0.250 bits per heavy atom. The van der Waals surface area contributed by atoms with Crippen molar-refractivity contribution in [3.05, 3.63) is 0 Å². The molecule has 0 fully saturated rings. The van der Waals surface area contributed by atoms with Crippen molar-refractivity contribution in [3.63, 3.8) is 0 Å². The van der Waals surface area contributed by atoms with Crippen LogP contribution in [0.1, 0.15) is 226 Å². The Bertz CT molecular complexity index is 308. The molecule has 0 spiro atoms. The predicted molar refractivity (Wildman–Crippen MR) is 179 cm³/mol. The highest BCUT2D eigenvalue weighted by atomic mass is 127. The van der Waals surface area contributed by atoms with Crippen molar-refractivity contribution < 1.29 is 0 Å². The van der Waals surface area contributed by atoms with Crippen LogP contribution in [-0.4, -0.2) is 0 Å². The highest BCUT2D eigenvalue weighted by Gasteiger charge is 1.97. The summed E-state index contributed by atoms with van der Waals surface area (Å²) in [5.74, 6) is 0. The van der Waals surface area contributed by atoms with Crippen molar-refractivity contribution in [2.75, 3.05) is 0 Å². The number of rotatable bonds is 32. The monoisotopic (exact) mass is 620 g/mol. The number of hydrogen-bond donors (Lipinski definition) is 0. The van der Waals surface area contributed by atoms with Gasteiger partial charge in [0.05, 0.1) is 0 Å². The fraction of sp³-hybridized carbons (Fsp3) is 1.00. The van der Waals surface area contributed by atoms with Gasteiger partial charge >= 0.3 is 0 Å². The molecule has 0 bridgehead atoms. The maximum absolute atomic E-state index is 2.31. The fourth-order valence-corrected chi connectivity index (χ4v) is 5.63. The molecule has 0 radical (unpaired) electrons. The van der Waals surface area contributed by atoms with Crippen LogP contribution in [0, 0.1) is 0 Å². The molecule has 0 atom stereocenters. The number of unbranched alkanes of at least 4 members (excludes halogenated alkanes) is 32. The number of halogens is 1. The van der Waals surface area contributed by atoms with E-state index in [-0.39, 0.29) is 24.0 Å². The van der Waals surface area contributed by atoms with E-state index < -0.39 is 0 Å². The van der Waals surface area contributed by atoms with E-state index in [0.29, 0.717) is 0 Å². The van der Waals surface area contributed by atoms with Gasteiger partial charge in [0.15, 0.2) is 0 Å². The zero-order valence-corrected chi connectivity index (χ0v) is 28.1. The smallest absolute Gasteiger partial charge is 0.0533 e. The van der Waals surface area contributed by atoms with Crippen molar-refractivity contribution >= 4 is 24.0 Å². The molecule has 0 aliphatic heterocycles. The Morgan fingerprint density at radius 3 is 0.333 bits per heavy atom. The van der Waals surface area contributed by atoms with E-state index in [4.69, 9.17) is 0 Å². The third-order valence-electron chi connectivity index (χ3n) is 8.21. The van der Waals surface area contributed by atoms with Crippen LogP contribution in [0.15, 0.2) is 0 Å². The van der Waals surface area contributed by atoms with Gasteiger partial charge in [-0.05, 0) is 0 Å². The summed E-state index contributed by atoms with van der Waals surface area (Å²) < 4.78 is 0. The van der Waals surface area contributed by atoms with E-state index in [1.165, 1.54) is 212 Å². The highest BCUT2D eigenvalue weighted by Crippen LogP contribution is 2.16. The van der Waals surface area contributed by atoms with E-state index in [0.717, 1.165) is 0 Å². The summed E-state index contributed by atoms with van der Waals surface area (Å²) in [6.07, 6.45) is 48.9. The van der Waals surface area contributed by atoms with Crippen LogP contribution in [0.2, 0.25) is 0 Å². The Hall–Kier alpha value is 0.730. The minimum Gasteiger partial charge on any atom is -0.107 e. The van der Waals surface area contributed by atoms with Crippen molar-refractivity contribution in [2.24, 2.45) is 0 Å².